The van der Waals surface area contributed by atoms with E-state index in [0.29, 0.717) is 11.5 Å². The first kappa shape index (κ1) is 27.3. The van der Waals surface area contributed by atoms with Gasteiger partial charge < -0.3 is 19.9 Å². The van der Waals surface area contributed by atoms with Crippen molar-refractivity contribution in [1.29, 1.82) is 0 Å². The number of aromatic nitrogens is 3. The fourth-order valence-electron chi connectivity index (χ4n) is 5.46. The van der Waals surface area contributed by atoms with Crippen LogP contribution in [-0.4, -0.2) is 51.9 Å². The van der Waals surface area contributed by atoms with Crippen LogP contribution in [0.2, 0.25) is 0 Å². The van der Waals surface area contributed by atoms with Crippen LogP contribution >= 0.6 is 11.3 Å². The maximum Gasteiger partial charge on any atom is 0.274 e. The van der Waals surface area contributed by atoms with Gasteiger partial charge >= 0.3 is 0 Å². The molecule has 1 aliphatic heterocycles. The minimum Gasteiger partial charge on any atom is -0.379 e. The number of carbonyl (C=O) groups is 1. The molecule has 4 heterocycles. The van der Waals surface area contributed by atoms with Crippen LogP contribution in [0, 0.1) is 6.92 Å². The lowest BCUT2D eigenvalue weighted by atomic mass is 9.99. The van der Waals surface area contributed by atoms with Crippen LogP contribution < -0.4 is 16.2 Å². The van der Waals surface area contributed by atoms with Crippen molar-refractivity contribution in [2.45, 2.75) is 39.2 Å². The van der Waals surface area contributed by atoms with E-state index < -0.39 is 0 Å². The molecule has 1 saturated heterocycles. The Morgan fingerprint density at radius 1 is 1.05 bits per heavy atom. The van der Waals surface area contributed by atoms with E-state index in [2.05, 4.69) is 31.8 Å². The number of anilines is 3. The molecule has 1 aliphatic carbocycles. The number of nitrogens with one attached hydrogen (secondary N) is 2. The number of pyridine rings is 1. The summed E-state index contributed by atoms with van der Waals surface area (Å²) in [6, 6.07) is 13.5. The first-order valence-electron chi connectivity index (χ1n) is 14.1. The summed E-state index contributed by atoms with van der Waals surface area (Å²) in [5, 5.41) is 14.9. The van der Waals surface area contributed by atoms with Gasteiger partial charge in [0.2, 0.25) is 0 Å². The molecule has 1 aromatic carbocycles. The van der Waals surface area contributed by atoms with Crippen LogP contribution in [0.1, 0.15) is 44.2 Å². The number of fused-ring (bicyclic) bond motifs is 1. The van der Waals surface area contributed by atoms with Crippen LogP contribution in [0.25, 0.3) is 11.1 Å². The summed E-state index contributed by atoms with van der Waals surface area (Å²) in [6.45, 7) is 5.93. The fourth-order valence-corrected chi connectivity index (χ4v) is 6.60. The lowest BCUT2D eigenvalue weighted by Crippen LogP contribution is -2.35. The van der Waals surface area contributed by atoms with Crippen molar-refractivity contribution in [1.82, 2.24) is 19.7 Å². The van der Waals surface area contributed by atoms with Crippen molar-refractivity contribution in [3.63, 3.8) is 0 Å². The Labute approximate surface area is 243 Å². The van der Waals surface area contributed by atoms with Gasteiger partial charge in [0.1, 0.15) is 5.69 Å². The summed E-state index contributed by atoms with van der Waals surface area (Å²) in [7, 11) is 1.73. The lowest BCUT2D eigenvalue weighted by molar-refractivity contribution is 0.0335. The molecule has 3 aromatic heterocycles. The fraction of sp³-hybridized carbons (Fsp3) is 0.355. The minimum atomic E-state index is -0.170. The third-order valence-electron chi connectivity index (χ3n) is 7.77. The highest BCUT2D eigenvalue weighted by Crippen LogP contribution is 2.32. The standard InChI is InChI=1S/C31H34N6O3S/c1-20-24(7-5-8-25(20)33-30(38)28-17-21-6-3-4-9-27(21)41-28)22-16-26(31(39)36(2)18-22)32-29-11-10-23(34-35-29)19-37-12-14-40-15-13-37/h5,7-8,10-11,16-18H,3-4,6,9,12-15,19H2,1-2H3,(H,32,35)(H,33,38). The van der Waals surface area contributed by atoms with Crippen molar-refractivity contribution < 1.29 is 9.53 Å². The van der Waals surface area contributed by atoms with Gasteiger partial charge in [-0.2, -0.15) is 5.10 Å². The second-order valence-corrected chi connectivity index (χ2v) is 11.8. The van der Waals surface area contributed by atoms with E-state index >= 15 is 0 Å². The predicted molar refractivity (Wildman–Crippen MR) is 162 cm³/mol. The number of amides is 1. The van der Waals surface area contributed by atoms with Crippen LogP contribution in [0.4, 0.5) is 17.2 Å². The van der Waals surface area contributed by atoms with E-state index in [-0.39, 0.29) is 11.5 Å². The van der Waals surface area contributed by atoms with E-state index in [1.807, 2.05) is 49.5 Å². The average molecular weight is 571 g/mol. The molecule has 2 aliphatic rings. The Morgan fingerprint density at radius 3 is 2.66 bits per heavy atom. The SMILES string of the molecule is Cc1c(NC(=O)c2cc3c(s2)CCCC3)cccc1-c1cc(Nc2ccc(CN3CCOCC3)nn2)c(=O)n(C)c1. The topological polar surface area (TPSA) is 101 Å². The third kappa shape index (κ3) is 6.09. The van der Waals surface area contributed by atoms with Crippen molar-refractivity contribution in [3.05, 3.63) is 85.6 Å². The molecule has 1 amide bonds. The molecule has 0 radical (unpaired) electrons. The Morgan fingerprint density at radius 2 is 1.88 bits per heavy atom. The zero-order valence-electron chi connectivity index (χ0n) is 23.4. The third-order valence-corrected chi connectivity index (χ3v) is 9.00. The summed E-state index contributed by atoms with van der Waals surface area (Å²) in [6.07, 6.45) is 6.32. The predicted octanol–water partition coefficient (Wildman–Crippen LogP) is 4.92. The van der Waals surface area contributed by atoms with Crippen molar-refractivity contribution in [2.75, 3.05) is 36.9 Å². The molecule has 0 bridgehead atoms. The maximum atomic E-state index is 13.1. The number of thiophene rings is 1. The number of hydrogen-bond donors (Lipinski definition) is 2. The molecule has 6 rings (SSSR count). The van der Waals surface area contributed by atoms with Gasteiger partial charge in [0.05, 0.1) is 23.8 Å². The van der Waals surface area contributed by atoms with E-state index in [0.717, 1.165) is 78.6 Å². The van der Waals surface area contributed by atoms with Crippen LogP contribution in [0.3, 0.4) is 0 Å². The van der Waals surface area contributed by atoms with Crippen molar-refractivity contribution >= 4 is 34.4 Å². The second-order valence-electron chi connectivity index (χ2n) is 10.7. The van der Waals surface area contributed by atoms with Crippen LogP contribution in [-0.2, 0) is 31.2 Å². The maximum absolute atomic E-state index is 13.1. The van der Waals surface area contributed by atoms with E-state index in [4.69, 9.17) is 4.74 Å². The number of aryl methyl sites for hydroxylation is 3. The summed E-state index contributed by atoms with van der Waals surface area (Å²) in [4.78, 5) is 30.5. The molecule has 0 spiro atoms. The highest BCUT2D eigenvalue weighted by atomic mass is 32.1. The molecule has 9 nitrogen and oxygen atoms in total. The summed E-state index contributed by atoms with van der Waals surface area (Å²) in [5.74, 6) is 0.421. The van der Waals surface area contributed by atoms with E-state index in [1.165, 1.54) is 23.3 Å². The van der Waals surface area contributed by atoms with Gasteiger partial charge in [-0.1, -0.05) is 12.1 Å². The summed E-state index contributed by atoms with van der Waals surface area (Å²) in [5.41, 5.74) is 5.89. The molecule has 2 N–H and O–H groups in total. The smallest absolute Gasteiger partial charge is 0.274 e. The molecule has 10 heteroatoms. The quantitative estimate of drug-likeness (QED) is 0.325. The zero-order valence-corrected chi connectivity index (χ0v) is 24.2. The molecule has 0 atom stereocenters. The minimum absolute atomic E-state index is 0.0805. The molecule has 4 aromatic rings. The molecule has 212 valence electrons. The first-order valence-corrected chi connectivity index (χ1v) is 14.9. The Kier molecular flexibility index (Phi) is 7.95. The van der Waals surface area contributed by atoms with Crippen LogP contribution in [0.15, 0.2) is 53.5 Å². The number of rotatable bonds is 7. The molecular formula is C31H34N6O3S. The normalized spacial score (nSPS) is 15.4. The summed E-state index contributed by atoms with van der Waals surface area (Å²) >= 11 is 1.61. The highest BCUT2D eigenvalue weighted by molar-refractivity contribution is 7.14. The van der Waals surface area contributed by atoms with Gasteiger partial charge in [0.15, 0.2) is 5.82 Å². The largest absolute Gasteiger partial charge is 0.379 e. The monoisotopic (exact) mass is 570 g/mol. The van der Waals surface area contributed by atoms with Gasteiger partial charge in [-0.15, -0.1) is 16.4 Å². The number of ether oxygens (including phenoxy) is 1. The Balaban J connectivity index is 1.21. The number of morpholine rings is 1. The number of nitrogens with zero attached hydrogens (tertiary/aromatic N) is 4. The van der Waals surface area contributed by atoms with Crippen molar-refractivity contribution in [2.24, 2.45) is 7.05 Å². The number of benzene rings is 1. The van der Waals surface area contributed by atoms with Gasteiger partial charge in [0.25, 0.3) is 11.5 Å². The Bertz CT molecular complexity index is 1600. The van der Waals surface area contributed by atoms with Gasteiger partial charge in [-0.25, -0.2) is 0 Å². The molecule has 0 saturated carbocycles. The second kappa shape index (κ2) is 11.9. The first-order chi connectivity index (χ1) is 19.9. The van der Waals surface area contributed by atoms with Gasteiger partial charge in [-0.05, 0) is 79.6 Å². The number of hydrogen-bond acceptors (Lipinski definition) is 8. The average Bonchev–Trinajstić information content (AvgIpc) is 3.43. The molecular weight excluding hydrogens is 536 g/mol. The van der Waals surface area contributed by atoms with Crippen LogP contribution in [0.5, 0.6) is 0 Å². The van der Waals surface area contributed by atoms with Crippen molar-refractivity contribution in [3.8, 4) is 11.1 Å². The molecule has 0 unspecified atom stereocenters. The lowest BCUT2D eigenvalue weighted by Gasteiger charge is -2.25. The zero-order chi connectivity index (χ0) is 28.3. The number of carbonyl (C=O) groups excluding carboxylic acids is 1. The van der Waals surface area contributed by atoms with E-state index in [9.17, 15) is 9.59 Å². The van der Waals surface area contributed by atoms with Gasteiger partial charge in [0, 0.05) is 49.0 Å². The Hall–Kier alpha value is -3.86. The molecule has 41 heavy (non-hydrogen) atoms. The molecule has 1 fully saturated rings. The highest BCUT2D eigenvalue weighted by Gasteiger charge is 2.19. The van der Waals surface area contributed by atoms with Gasteiger partial charge in [-0.3, -0.25) is 14.5 Å². The summed E-state index contributed by atoms with van der Waals surface area (Å²) < 4.78 is 6.97. The van der Waals surface area contributed by atoms with E-state index in [1.54, 1.807) is 23.0 Å².